The highest BCUT2D eigenvalue weighted by Crippen LogP contribution is 2.42. The van der Waals surface area contributed by atoms with Crippen LogP contribution in [0.15, 0.2) is 18.2 Å². The number of hydrogen-bond acceptors (Lipinski definition) is 8. The molecule has 0 radical (unpaired) electrons. The smallest absolute Gasteiger partial charge is 0.354 e. The number of carbonyl (C=O) groups is 2. The van der Waals surface area contributed by atoms with Gasteiger partial charge in [0.1, 0.15) is 5.69 Å². The van der Waals surface area contributed by atoms with Gasteiger partial charge in [0.25, 0.3) is 0 Å². The second-order valence-electron chi connectivity index (χ2n) is 9.87. The molecular formula is C28H35ClN6O5. The van der Waals surface area contributed by atoms with Gasteiger partial charge in [-0.05, 0) is 44.7 Å². The highest BCUT2D eigenvalue weighted by Gasteiger charge is 2.28. The quantitative estimate of drug-likeness (QED) is 0.288. The van der Waals surface area contributed by atoms with Crippen LogP contribution in [0.4, 0.5) is 0 Å². The van der Waals surface area contributed by atoms with Crippen molar-refractivity contribution >= 4 is 34.4 Å². The molecule has 3 heterocycles. The van der Waals surface area contributed by atoms with Crippen LogP contribution in [0.25, 0.3) is 22.0 Å². The van der Waals surface area contributed by atoms with Gasteiger partial charge in [-0.2, -0.15) is 10.2 Å². The first-order chi connectivity index (χ1) is 19.0. The minimum Gasteiger partial charge on any atom is -0.469 e. The number of aromatic nitrogens is 5. The summed E-state index contributed by atoms with van der Waals surface area (Å²) in [6.07, 6.45) is 0.0924. The van der Waals surface area contributed by atoms with Crippen LogP contribution < -0.4 is 0 Å². The van der Waals surface area contributed by atoms with Crippen molar-refractivity contribution in [3.63, 3.8) is 0 Å². The minimum absolute atomic E-state index is 0.0779. The Bertz CT molecular complexity index is 1580. The summed E-state index contributed by atoms with van der Waals surface area (Å²) >= 11 is 6.90. The molecule has 3 aromatic heterocycles. The second-order valence-corrected chi connectivity index (χ2v) is 10.3. The number of aliphatic hydroxyl groups excluding tert-OH is 1. The Morgan fingerprint density at radius 1 is 1.05 bits per heavy atom. The molecule has 0 saturated carbocycles. The fourth-order valence-corrected chi connectivity index (χ4v) is 5.50. The maximum Gasteiger partial charge on any atom is 0.354 e. The van der Waals surface area contributed by atoms with Gasteiger partial charge in [0.05, 0.1) is 44.3 Å². The number of rotatable bonds is 10. The zero-order valence-electron chi connectivity index (χ0n) is 23.9. The van der Waals surface area contributed by atoms with Crippen LogP contribution in [-0.4, -0.2) is 67.3 Å². The predicted octanol–water partition coefficient (Wildman–Crippen LogP) is 3.52. The fourth-order valence-electron chi connectivity index (χ4n) is 5.25. The van der Waals surface area contributed by atoms with E-state index in [-0.39, 0.29) is 25.5 Å². The molecule has 12 heteroatoms. The third-order valence-electron chi connectivity index (χ3n) is 7.27. The summed E-state index contributed by atoms with van der Waals surface area (Å²) < 4.78 is 15.2. The van der Waals surface area contributed by atoms with Gasteiger partial charge in [-0.3, -0.25) is 19.1 Å². The third-order valence-corrected chi connectivity index (χ3v) is 7.58. The van der Waals surface area contributed by atoms with Crippen molar-refractivity contribution in [3.8, 4) is 11.1 Å². The van der Waals surface area contributed by atoms with Crippen molar-refractivity contribution in [2.24, 2.45) is 14.1 Å². The first kappa shape index (κ1) is 29.3. The Hall–Kier alpha value is -3.67. The third kappa shape index (κ3) is 5.36. The fraction of sp³-hybridized carbons (Fsp3) is 0.429. The topological polar surface area (TPSA) is 117 Å². The van der Waals surface area contributed by atoms with Gasteiger partial charge >= 0.3 is 11.9 Å². The van der Waals surface area contributed by atoms with Gasteiger partial charge in [0, 0.05) is 66.5 Å². The molecule has 0 fully saturated rings. The first-order valence-electron chi connectivity index (χ1n) is 12.8. The molecule has 4 rings (SSSR count). The van der Waals surface area contributed by atoms with Crippen LogP contribution in [0, 0.1) is 13.8 Å². The summed E-state index contributed by atoms with van der Waals surface area (Å²) in [4.78, 5) is 27.0. The summed E-state index contributed by atoms with van der Waals surface area (Å²) in [7, 11) is 8.34. The number of carbonyl (C=O) groups excluding carboxylic acids is 2. The molecule has 11 nitrogen and oxygen atoms in total. The van der Waals surface area contributed by atoms with E-state index in [0.29, 0.717) is 29.4 Å². The summed E-state index contributed by atoms with van der Waals surface area (Å²) in [6, 6.07) is 5.54. The van der Waals surface area contributed by atoms with Gasteiger partial charge in [-0.15, -0.1) is 0 Å². The molecule has 4 aromatic rings. The maximum atomic E-state index is 12.9. The lowest BCUT2D eigenvalue weighted by molar-refractivity contribution is -0.140. The van der Waals surface area contributed by atoms with E-state index in [1.807, 2.05) is 44.8 Å². The average molecular weight is 571 g/mol. The Labute approximate surface area is 237 Å². The minimum atomic E-state index is -0.499. The van der Waals surface area contributed by atoms with Crippen LogP contribution in [0.2, 0.25) is 5.02 Å². The lowest BCUT2D eigenvalue weighted by Gasteiger charge is -2.16. The molecule has 0 atom stereocenters. The van der Waals surface area contributed by atoms with Gasteiger partial charge < -0.3 is 19.1 Å². The number of esters is 2. The van der Waals surface area contributed by atoms with Crippen molar-refractivity contribution in [1.82, 2.24) is 29.0 Å². The zero-order chi connectivity index (χ0) is 29.3. The number of benzene rings is 1. The van der Waals surface area contributed by atoms with E-state index in [0.717, 1.165) is 44.8 Å². The monoisotopic (exact) mass is 570 g/mol. The molecule has 0 aliphatic carbocycles. The van der Waals surface area contributed by atoms with E-state index >= 15 is 0 Å². The molecule has 0 aliphatic rings. The molecule has 214 valence electrons. The normalized spacial score (nSPS) is 11.6. The number of aliphatic hydroxyl groups is 1. The van der Waals surface area contributed by atoms with Crippen LogP contribution in [-0.2, 0) is 54.6 Å². The van der Waals surface area contributed by atoms with Crippen LogP contribution in [0.3, 0.4) is 0 Å². The molecule has 40 heavy (non-hydrogen) atoms. The Morgan fingerprint density at radius 2 is 1.77 bits per heavy atom. The number of halogens is 1. The molecule has 0 bridgehead atoms. The van der Waals surface area contributed by atoms with E-state index in [1.165, 1.54) is 14.2 Å². The molecule has 0 aliphatic heterocycles. The zero-order valence-corrected chi connectivity index (χ0v) is 24.7. The summed E-state index contributed by atoms with van der Waals surface area (Å²) in [5.74, 6) is -0.877. The van der Waals surface area contributed by atoms with Gasteiger partial charge in [0.2, 0.25) is 0 Å². The number of fused-ring (bicyclic) bond motifs is 1. The lowest BCUT2D eigenvalue weighted by Crippen LogP contribution is -2.18. The number of hydrogen-bond donors (Lipinski definition) is 1. The molecule has 0 amide bonds. The maximum absolute atomic E-state index is 12.9. The predicted molar refractivity (Wildman–Crippen MR) is 151 cm³/mol. The number of methoxy groups -OCH3 is 2. The van der Waals surface area contributed by atoms with Crippen molar-refractivity contribution in [2.45, 2.75) is 46.5 Å². The molecule has 1 N–H and O–H groups in total. The van der Waals surface area contributed by atoms with Crippen molar-refractivity contribution < 1.29 is 24.2 Å². The lowest BCUT2D eigenvalue weighted by atomic mass is 9.96. The Kier molecular flexibility index (Phi) is 8.67. The van der Waals surface area contributed by atoms with Gasteiger partial charge in [-0.25, -0.2) is 4.79 Å². The highest BCUT2D eigenvalue weighted by atomic mass is 35.5. The summed E-state index contributed by atoms with van der Waals surface area (Å²) in [5, 5.41) is 20.2. The largest absolute Gasteiger partial charge is 0.469 e. The standard InChI is InChI=1S/C28H35ClN6O5/c1-16-24-22(35(11-10-23(37)39-6)27(16)28(38)40-7)9-8-20(29)26(24)25-17(2)33(4)31-21(25)14-32(3)13-18-12-19(15-36)34(5)30-18/h8-9,12,36H,10-11,13-15H2,1-7H3. The van der Waals surface area contributed by atoms with Crippen LogP contribution >= 0.6 is 11.6 Å². The number of ether oxygens (including phenoxy) is 2. The van der Waals surface area contributed by atoms with E-state index in [9.17, 15) is 14.7 Å². The van der Waals surface area contributed by atoms with Crippen molar-refractivity contribution in [3.05, 3.63) is 57.3 Å². The highest BCUT2D eigenvalue weighted by molar-refractivity contribution is 6.35. The Morgan fingerprint density at radius 3 is 2.40 bits per heavy atom. The van der Waals surface area contributed by atoms with Crippen LogP contribution in [0.5, 0.6) is 0 Å². The van der Waals surface area contributed by atoms with E-state index in [4.69, 9.17) is 26.2 Å². The Balaban J connectivity index is 1.84. The molecular weight excluding hydrogens is 536 g/mol. The van der Waals surface area contributed by atoms with Gasteiger partial charge in [-0.1, -0.05) is 11.6 Å². The molecule has 1 aromatic carbocycles. The number of aryl methyl sites for hydroxylation is 4. The summed E-state index contributed by atoms with van der Waals surface area (Å²) in [5.41, 5.74) is 6.79. The van der Waals surface area contributed by atoms with Crippen LogP contribution in [0.1, 0.15) is 45.2 Å². The number of nitrogens with zero attached hydrogens (tertiary/aromatic N) is 6. The van der Waals surface area contributed by atoms with Crippen molar-refractivity contribution in [2.75, 3.05) is 21.3 Å². The SMILES string of the molecule is COC(=O)CCn1c(C(=O)OC)c(C)c2c(-c3c(CN(C)Cc4cc(CO)n(C)n4)nn(C)c3C)c(Cl)ccc21. The first-order valence-corrected chi connectivity index (χ1v) is 13.2. The van der Waals surface area contributed by atoms with Gasteiger partial charge in [0.15, 0.2) is 0 Å². The molecule has 0 unspecified atom stereocenters. The second kappa shape index (κ2) is 11.8. The summed E-state index contributed by atoms with van der Waals surface area (Å²) in [6.45, 7) is 5.06. The molecule has 0 saturated heterocycles. The van der Waals surface area contributed by atoms with E-state index in [1.54, 1.807) is 22.4 Å². The van der Waals surface area contributed by atoms with Crippen molar-refractivity contribution in [1.29, 1.82) is 0 Å². The van der Waals surface area contributed by atoms with E-state index < -0.39 is 5.97 Å². The van der Waals surface area contributed by atoms with E-state index in [2.05, 4.69) is 10.00 Å². The average Bonchev–Trinajstić information content (AvgIpc) is 3.52. The molecule has 0 spiro atoms.